The van der Waals surface area contributed by atoms with Crippen molar-refractivity contribution in [2.45, 2.75) is 18.4 Å². The molecule has 4 heterocycles. The summed E-state index contributed by atoms with van der Waals surface area (Å²) in [5.74, 6) is 1.75. The van der Waals surface area contributed by atoms with Gasteiger partial charge in [-0.3, -0.25) is 0 Å². The average Bonchev–Trinajstić information content (AvgIpc) is 3.30. The Morgan fingerprint density at radius 2 is 2.00 bits per heavy atom. The highest BCUT2D eigenvalue weighted by molar-refractivity contribution is 6.34. The van der Waals surface area contributed by atoms with Gasteiger partial charge < -0.3 is 20.6 Å². The molecule has 0 aliphatic carbocycles. The quantitative estimate of drug-likeness (QED) is 0.506. The molecule has 0 radical (unpaired) electrons. The highest BCUT2D eigenvalue weighted by Gasteiger charge is 2.36. The molecule has 8 heteroatoms. The molecule has 132 valence electrons. The van der Waals surface area contributed by atoms with Crippen LogP contribution in [-0.4, -0.2) is 38.0 Å². The summed E-state index contributed by atoms with van der Waals surface area (Å²) in [6.07, 6.45) is 5.04. The van der Waals surface area contributed by atoms with Crippen molar-refractivity contribution in [2.24, 2.45) is 5.73 Å². The van der Waals surface area contributed by atoms with Crippen LogP contribution in [-0.2, 0) is 5.54 Å². The van der Waals surface area contributed by atoms with Gasteiger partial charge in [0, 0.05) is 19.3 Å². The number of para-hydroxylation sites is 1. The second-order valence-electron chi connectivity index (χ2n) is 6.80. The molecule has 0 bridgehead atoms. The van der Waals surface area contributed by atoms with E-state index in [2.05, 4.69) is 29.8 Å². The maximum absolute atomic E-state index is 6.72. The van der Waals surface area contributed by atoms with Crippen LogP contribution in [0.4, 0.5) is 5.82 Å². The Hall–Kier alpha value is -2.64. The Morgan fingerprint density at radius 1 is 1.15 bits per heavy atom. The maximum atomic E-state index is 6.72. The maximum Gasteiger partial charge on any atom is 0.142 e. The van der Waals surface area contributed by atoms with Gasteiger partial charge in [0.25, 0.3) is 0 Å². The fraction of sp³-hybridized carbons (Fsp3) is 0.278. The average molecular weight is 368 g/mol. The van der Waals surface area contributed by atoms with Gasteiger partial charge >= 0.3 is 0 Å². The lowest BCUT2D eigenvalue weighted by atomic mass is 9.88. The molecule has 7 nitrogen and oxygen atoms in total. The number of aromatic nitrogens is 5. The van der Waals surface area contributed by atoms with Crippen molar-refractivity contribution in [1.82, 2.24) is 24.9 Å². The minimum absolute atomic E-state index is 0.497. The molecular formula is C18H18ClN7. The zero-order valence-corrected chi connectivity index (χ0v) is 14.8. The van der Waals surface area contributed by atoms with Gasteiger partial charge in [-0.15, -0.1) is 0 Å². The van der Waals surface area contributed by atoms with Crippen molar-refractivity contribution in [2.75, 3.05) is 18.0 Å². The van der Waals surface area contributed by atoms with Crippen LogP contribution in [0.25, 0.3) is 22.1 Å². The number of hydrogen-bond acceptors (Lipinski definition) is 5. The molecule has 0 spiro atoms. The van der Waals surface area contributed by atoms with Gasteiger partial charge in [-0.25, -0.2) is 15.0 Å². The number of aromatic amines is 2. The van der Waals surface area contributed by atoms with E-state index in [4.69, 9.17) is 17.3 Å². The first-order valence-electron chi connectivity index (χ1n) is 8.61. The van der Waals surface area contributed by atoms with Crippen LogP contribution in [0.2, 0.25) is 5.02 Å². The number of nitrogens with one attached hydrogen (secondary N) is 2. The van der Waals surface area contributed by atoms with Crippen LogP contribution < -0.4 is 10.6 Å². The number of hydrogen-bond donors (Lipinski definition) is 3. The van der Waals surface area contributed by atoms with Crippen LogP contribution in [0.5, 0.6) is 0 Å². The summed E-state index contributed by atoms with van der Waals surface area (Å²) in [7, 11) is 0. The second kappa shape index (κ2) is 5.69. The van der Waals surface area contributed by atoms with Crippen molar-refractivity contribution in [3.63, 3.8) is 0 Å². The van der Waals surface area contributed by atoms with E-state index in [0.717, 1.165) is 59.6 Å². The predicted molar refractivity (Wildman–Crippen MR) is 102 cm³/mol. The molecule has 1 fully saturated rings. The van der Waals surface area contributed by atoms with Gasteiger partial charge in [0.1, 0.15) is 29.1 Å². The third-order valence-electron chi connectivity index (χ3n) is 5.22. The normalized spacial score (nSPS) is 17.2. The first-order valence-corrected chi connectivity index (χ1v) is 8.98. The minimum Gasteiger partial charge on any atom is -0.356 e. The molecule has 0 unspecified atom stereocenters. The summed E-state index contributed by atoms with van der Waals surface area (Å²) in [4.78, 5) is 22.2. The van der Waals surface area contributed by atoms with Crippen molar-refractivity contribution >= 4 is 39.5 Å². The van der Waals surface area contributed by atoms with Crippen LogP contribution in [0.3, 0.4) is 0 Å². The molecule has 26 heavy (non-hydrogen) atoms. The molecule has 5 rings (SSSR count). The lowest BCUT2D eigenvalue weighted by Crippen LogP contribution is -2.49. The molecule has 1 aliphatic heterocycles. The number of rotatable bonds is 2. The number of fused-ring (bicyclic) bond motifs is 2. The largest absolute Gasteiger partial charge is 0.356 e. The third-order valence-corrected chi connectivity index (χ3v) is 5.53. The first-order chi connectivity index (χ1) is 12.6. The zero-order chi connectivity index (χ0) is 17.7. The van der Waals surface area contributed by atoms with Crippen molar-refractivity contribution in [3.8, 4) is 0 Å². The Balaban J connectivity index is 1.43. The molecular weight excluding hydrogens is 350 g/mol. The van der Waals surface area contributed by atoms with Gasteiger partial charge in [-0.1, -0.05) is 17.7 Å². The van der Waals surface area contributed by atoms with Gasteiger partial charge in [0.15, 0.2) is 0 Å². The van der Waals surface area contributed by atoms with Crippen molar-refractivity contribution in [1.29, 1.82) is 0 Å². The number of piperidine rings is 1. The highest BCUT2D eigenvalue weighted by Crippen LogP contribution is 2.34. The van der Waals surface area contributed by atoms with Crippen LogP contribution in [0.15, 0.2) is 36.8 Å². The van der Waals surface area contributed by atoms with E-state index in [-0.39, 0.29) is 0 Å². The summed E-state index contributed by atoms with van der Waals surface area (Å²) in [5.41, 5.74) is 8.78. The fourth-order valence-corrected chi connectivity index (χ4v) is 3.91. The summed E-state index contributed by atoms with van der Waals surface area (Å²) >= 11 is 6.25. The summed E-state index contributed by atoms with van der Waals surface area (Å²) in [5, 5.41) is 1.68. The summed E-state index contributed by atoms with van der Waals surface area (Å²) < 4.78 is 0. The smallest absolute Gasteiger partial charge is 0.142 e. The molecule has 3 aromatic heterocycles. The van der Waals surface area contributed by atoms with Gasteiger partial charge in [-0.05, 0) is 31.0 Å². The lowest BCUT2D eigenvalue weighted by Gasteiger charge is -2.38. The highest BCUT2D eigenvalue weighted by atomic mass is 35.5. The molecule has 1 aromatic carbocycles. The number of halogens is 1. The summed E-state index contributed by atoms with van der Waals surface area (Å²) in [6.45, 7) is 1.61. The summed E-state index contributed by atoms with van der Waals surface area (Å²) in [6, 6.07) is 7.74. The number of benzene rings is 1. The number of H-pyrrole nitrogens is 2. The van der Waals surface area contributed by atoms with E-state index < -0.39 is 5.54 Å². The standard InChI is InChI=1S/C18H18ClN7/c19-12-2-1-3-13-14(12)25-17(24-13)18(20)5-8-26(9-6-18)16-11-4-7-21-15(11)22-10-23-16/h1-4,7,10H,5-6,8-9,20H2,(H,24,25)(H,21,22,23). The van der Waals surface area contributed by atoms with Gasteiger partial charge in [0.05, 0.1) is 21.5 Å². The lowest BCUT2D eigenvalue weighted by molar-refractivity contribution is 0.327. The molecule has 0 amide bonds. The van der Waals surface area contributed by atoms with E-state index >= 15 is 0 Å². The predicted octanol–water partition coefficient (Wildman–Crippen LogP) is 2.94. The van der Waals surface area contributed by atoms with E-state index in [0.29, 0.717) is 5.02 Å². The minimum atomic E-state index is -0.497. The van der Waals surface area contributed by atoms with E-state index in [1.165, 1.54) is 0 Å². The molecule has 1 aliphatic rings. The Kier molecular flexibility index (Phi) is 3.41. The van der Waals surface area contributed by atoms with Crippen molar-refractivity contribution < 1.29 is 0 Å². The number of nitrogens with two attached hydrogens (primary N) is 1. The first kappa shape index (κ1) is 15.6. The number of anilines is 1. The topological polar surface area (TPSA) is 99.5 Å². The molecule has 4 aromatic rings. The molecule has 0 saturated carbocycles. The van der Waals surface area contributed by atoms with E-state index in [9.17, 15) is 0 Å². The van der Waals surface area contributed by atoms with Gasteiger partial charge in [-0.2, -0.15) is 0 Å². The van der Waals surface area contributed by atoms with Crippen LogP contribution in [0.1, 0.15) is 18.7 Å². The fourth-order valence-electron chi connectivity index (χ4n) is 3.70. The van der Waals surface area contributed by atoms with Crippen LogP contribution >= 0.6 is 11.6 Å². The zero-order valence-electron chi connectivity index (χ0n) is 14.0. The van der Waals surface area contributed by atoms with Gasteiger partial charge in [0.2, 0.25) is 0 Å². The number of imidazole rings is 1. The Labute approximate surface area is 154 Å². The third kappa shape index (κ3) is 2.35. The monoisotopic (exact) mass is 367 g/mol. The van der Waals surface area contributed by atoms with E-state index in [1.807, 2.05) is 30.5 Å². The molecule has 1 saturated heterocycles. The van der Waals surface area contributed by atoms with E-state index in [1.54, 1.807) is 6.33 Å². The second-order valence-corrected chi connectivity index (χ2v) is 7.21. The Morgan fingerprint density at radius 3 is 2.81 bits per heavy atom. The molecule has 0 atom stereocenters. The SMILES string of the molecule is NC1(c2nc3c(Cl)cccc3[nH]2)CCN(c2ncnc3[nH]ccc23)CC1. The van der Waals surface area contributed by atoms with Crippen molar-refractivity contribution in [3.05, 3.63) is 47.6 Å². The Bertz CT molecular complexity index is 1090. The van der Waals surface area contributed by atoms with Crippen LogP contribution in [0, 0.1) is 0 Å². The number of nitrogens with zero attached hydrogens (tertiary/aromatic N) is 4. The molecule has 4 N–H and O–H groups in total.